The molecule has 2 aliphatic rings. The molecule has 1 fully saturated rings. The minimum absolute atomic E-state index is 0.0283. The molecule has 0 spiro atoms. The highest BCUT2D eigenvalue weighted by Crippen LogP contribution is 2.46. The van der Waals surface area contributed by atoms with Crippen LogP contribution in [0.25, 0.3) is 0 Å². The van der Waals surface area contributed by atoms with Gasteiger partial charge < -0.3 is 33.3 Å². The molecular weight excluding hydrogens is 428 g/mol. The smallest absolute Gasteiger partial charge is 0.306 e. The van der Waals surface area contributed by atoms with Gasteiger partial charge in [0.1, 0.15) is 0 Å². The van der Waals surface area contributed by atoms with E-state index >= 15 is 0 Å². The molecule has 9 nitrogen and oxygen atoms in total. The van der Waals surface area contributed by atoms with Crippen LogP contribution in [0.1, 0.15) is 23.3 Å². The Labute approximate surface area is 180 Å². The number of rotatable bonds is 7. The third-order valence-corrected chi connectivity index (χ3v) is 6.00. The lowest BCUT2D eigenvalue weighted by Crippen LogP contribution is -2.25. The SMILES string of the molecule is COc1cc([C@@H](O)[C@H]2CO[C@@H](c3ccc4c(c3)OCO4)[C@H]2CO)ccc1OS(C)(=O)=O. The summed E-state index contributed by atoms with van der Waals surface area (Å²) in [5, 5.41) is 21.1. The van der Waals surface area contributed by atoms with Crippen LogP contribution in [0, 0.1) is 11.8 Å². The molecule has 0 bridgehead atoms. The van der Waals surface area contributed by atoms with E-state index in [4.69, 9.17) is 23.1 Å². The molecule has 1 saturated heterocycles. The summed E-state index contributed by atoms with van der Waals surface area (Å²) in [4.78, 5) is 0. The van der Waals surface area contributed by atoms with E-state index < -0.39 is 28.2 Å². The quantitative estimate of drug-likeness (QED) is 0.606. The summed E-state index contributed by atoms with van der Waals surface area (Å²) in [6.07, 6.45) is -0.459. The fourth-order valence-electron chi connectivity index (χ4n) is 4.02. The number of methoxy groups -OCH3 is 1. The van der Waals surface area contributed by atoms with E-state index in [1.54, 1.807) is 12.1 Å². The molecule has 0 aromatic heterocycles. The van der Waals surface area contributed by atoms with E-state index in [-0.39, 0.29) is 37.4 Å². The molecule has 2 N–H and O–H groups in total. The lowest BCUT2D eigenvalue weighted by Gasteiger charge is -2.25. The van der Waals surface area contributed by atoms with E-state index in [1.165, 1.54) is 19.2 Å². The summed E-state index contributed by atoms with van der Waals surface area (Å²) in [5.41, 5.74) is 1.32. The fourth-order valence-corrected chi connectivity index (χ4v) is 4.49. The Kier molecular flexibility index (Phi) is 5.98. The number of aliphatic hydroxyl groups is 2. The van der Waals surface area contributed by atoms with Gasteiger partial charge in [-0.25, -0.2) is 0 Å². The van der Waals surface area contributed by atoms with Crippen molar-refractivity contribution >= 4 is 10.1 Å². The van der Waals surface area contributed by atoms with Crippen molar-refractivity contribution in [1.82, 2.24) is 0 Å². The summed E-state index contributed by atoms with van der Waals surface area (Å²) < 4.78 is 49.7. The van der Waals surface area contributed by atoms with E-state index in [0.717, 1.165) is 11.8 Å². The Balaban J connectivity index is 1.56. The highest BCUT2D eigenvalue weighted by Gasteiger charge is 2.42. The van der Waals surface area contributed by atoms with Crippen molar-refractivity contribution in [3.05, 3.63) is 47.5 Å². The molecule has 0 amide bonds. The van der Waals surface area contributed by atoms with Gasteiger partial charge in [-0.2, -0.15) is 8.42 Å². The first-order chi connectivity index (χ1) is 14.8. The largest absolute Gasteiger partial charge is 0.493 e. The normalized spacial score (nSPS) is 23.5. The van der Waals surface area contributed by atoms with E-state index in [9.17, 15) is 18.6 Å². The van der Waals surface area contributed by atoms with Gasteiger partial charge in [0.25, 0.3) is 0 Å². The van der Waals surface area contributed by atoms with Gasteiger partial charge in [0.05, 0.1) is 32.2 Å². The molecule has 10 heteroatoms. The van der Waals surface area contributed by atoms with Crippen LogP contribution >= 0.6 is 0 Å². The molecule has 2 heterocycles. The van der Waals surface area contributed by atoms with Crippen LogP contribution in [0.5, 0.6) is 23.0 Å². The third kappa shape index (κ3) is 4.42. The first-order valence-electron chi connectivity index (χ1n) is 9.68. The number of hydrogen-bond donors (Lipinski definition) is 2. The highest BCUT2D eigenvalue weighted by atomic mass is 32.2. The van der Waals surface area contributed by atoms with Crippen LogP contribution in [-0.2, 0) is 14.9 Å². The molecule has 2 aliphatic heterocycles. The fraction of sp³-hybridized carbons (Fsp3) is 0.429. The minimum Gasteiger partial charge on any atom is -0.493 e. The molecule has 0 radical (unpaired) electrons. The van der Waals surface area contributed by atoms with Gasteiger partial charge >= 0.3 is 10.1 Å². The number of fused-ring (bicyclic) bond motifs is 1. The topological polar surface area (TPSA) is 121 Å². The summed E-state index contributed by atoms with van der Waals surface area (Å²) >= 11 is 0. The average Bonchev–Trinajstić information content (AvgIpc) is 3.38. The second kappa shape index (κ2) is 8.54. The maximum Gasteiger partial charge on any atom is 0.306 e. The zero-order chi connectivity index (χ0) is 22.2. The van der Waals surface area contributed by atoms with E-state index in [0.29, 0.717) is 17.1 Å². The lowest BCUT2D eigenvalue weighted by atomic mass is 9.82. The van der Waals surface area contributed by atoms with Gasteiger partial charge in [-0.1, -0.05) is 12.1 Å². The number of hydrogen-bond acceptors (Lipinski definition) is 9. The molecule has 2 aromatic carbocycles. The minimum atomic E-state index is -3.73. The zero-order valence-corrected chi connectivity index (χ0v) is 17.9. The zero-order valence-electron chi connectivity index (χ0n) is 17.1. The van der Waals surface area contributed by atoms with Crippen molar-refractivity contribution in [2.75, 3.05) is 33.4 Å². The Morgan fingerprint density at radius 1 is 1.13 bits per heavy atom. The van der Waals surface area contributed by atoms with Crippen molar-refractivity contribution < 1.29 is 41.8 Å². The summed E-state index contributed by atoms with van der Waals surface area (Å²) in [6.45, 7) is 0.207. The lowest BCUT2D eigenvalue weighted by molar-refractivity contribution is 0.0633. The van der Waals surface area contributed by atoms with Crippen molar-refractivity contribution in [1.29, 1.82) is 0 Å². The Morgan fingerprint density at radius 3 is 2.61 bits per heavy atom. The molecular formula is C21H24O9S. The maximum absolute atomic E-state index is 11.4. The molecule has 0 saturated carbocycles. The Hall–Kier alpha value is -2.53. The summed E-state index contributed by atoms with van der Waals surface area (Å²) in [7, 11) is -2.35. The average molecular weight is 452 g/mol. The predicted molar refractivity (Wildman–Crippen MR) is 109 cm³/mol. The summed E-state index contributed by atoms with van der Waals surface area (Å²) in [6, 6.07) is 9.99. The van der Waals surface area contributed by atoms with Crippen LogP contribution in [0.15, 0.2) is 36.4 Å². The van der Waals surface area contributed by atoms with Crippen LogP contribution < -0.4 is 18.4 Å². The standard InChI is InChI=1S/C21H24O9S/c1-26-18-7-12(3-6-17(18)30-31(2,24)25)20(23)15-10-27-21(14(15)9-22)13-4-5-16-19(8-13)29-11-28-16/h3-8,14-15,20-23H,9-11H2,1-2H3/t14-,15-,20+,21-/m0/s1. The van der Waals surface area contributed by atoms with Crippen LogP contribution in [0.4, 0.5) is 0 Å². The molecule has 2 aromatic rings. The van der Waals surface area contributed by atoms with Gasteiger partial charge in [0.15, 0.2) is 23.0 Å². The number of aliphatic hydroxyl groups excluding tert-OH is 2. The van der Waals surface area contributed by atoms with Gasteiger partial charge in [-0.05, 0) is 35.4 Å². The van der Waals surface area contributed by atoms with E-state index in [1.807, 2.05) is 12.1 Å². The van der Waals surface area contributed by atoms with Crippen LogP contribution in [0.2, 0.25) is 0 Å². The molecule has 31 heavy (non-hydrogen) atoms. The van der Waals surface area contributed by atoms with Crippen LogP contribution in [0.3, 0.4) is 0 Å². The van der Waals surface area contributed by atoms with E-state index in [2.05, 4.69) is 0 Å². The predicted octanol–water partition coefficient (Wildman–Crippen LogP) is 1.79. The van der Waals surface area contributed by atoms with Crippen molar-refractivity contribution in [3.63, 3.8) is 0 Å². The van der Waals surface area contributed by atoms with Gasteiger partial charge in [-0.15, -0.1) is 0 Å². The first kappa shape index (κ1) is 21.7. The van der Waals surface area contributed by atoms with Crippen LogP contribution in [-0.4, -0.2) is 52.0 Å². The third-order valence-electron chi connectivity index (χ3n) is 5.52. The second-order valence-corrected chi connectivity index (χ2v) is 9.09. The van der Waals surface area contributed by atoms with Gasteiger partial charge in [-0.3, -0.25) is 0 Å². The highest BCUT2D eigenvalue weighted by molar-refractivity contribution is 7.86. The van der Waals surface area contributed by atoms with Gasteiger partial charge in [0.2, 0.25) is 6.79 Å². The molecule has 4 rings (SSSR count). The molecule has 0 aliphatic carbocycles. The monoisotopic (exact) mass is 452 g/mol. The molecule has 0 unspecified atom stereocenters. The number of ether oxygens (including phenoxy) is 4. The second-order valence-electron chi connectivity index (χ2n) is 7.52. The molecule has 168 valence electrons. The maximum atomic E-state index is 11.4. The van der Waals surface area contributed by atoms with Crippen molar-refractivity contribution in [2.24, 2.45) is 11.8 Å². The summed E-state index contributed by atoms with van der Waals surface area (Å²) in [5.74, 6) is 0.713. The number of benzene rings is 2. The molecule has 4 atom stereocenters. The van der Waals surface area contributed by atoms with Crippen molar-refractivity contribution in [2.45, 2.75) is 12.2 Å². The van der Waals surface area contributed by atoms with Gasteiger partial charge in [0, 0.05) is 18.4 Å². The van der Waals surface area contributed by atoms with Crippen molar-refractivity contribution in [3.8, 4) is 23.0 Å². The Bertz CT molecular complexity index is 1050. The Morgan fingerprint density at radius 2 is 1.90 bits per heavy atom. The first-order valence-corrected chi connectivity index (χ1v) is 11.5.